The minimum atomic E-state index is -1.54. The van der Waals surface area contributed by atoms with Crippen LogP contribution in [0.3, 0.4) is 0 Å². The van der Waals surface area contributed by atoms with Gasteiger partial charge in [0.25, 0.3) is 0 Å². The van der Waals surface area contributed by atoms with Crippen molar-refractivity contribution < 1.29 is 49.6 Å². The fourth-order valence-electron chi connectivity index (χ4n) is 3.11. The fourth-order valence-corrected chi connectivity index (χ4v) is 3.11. The summed E-state index contributed by atoms with van der Waals surface area (Å²) in [4.78, 5) is 0. The number of rotatable bonds is 8. The number of allylic oxidation sites excluding steroid dienone is 3. The Morgan fingerprint density at radius 1 is 0.900 bits per heavy atom. The van der Waals surface area contributed by atoms with Crippen LogP contribution in [0.2, 0.25) is 0 Å². The molecule has 0 aromatic rings. The standard InChI is InChI=1S/C20H34O10/c1-10(2)5-4-6-11(3)7-27-20-18(26)16(24)15(23)13(30-20)9-29-19-17(25)14(22)12(21)8-28-19/h5,7,12-26H,4,6,8-9H2,1-3H3/b11-7-/t12-,13+,14-,15+,16-,17+,18+,19-,20+/m0/s1. The van der Waals surface area contributed by atoms with Gasteiger partial charge in [-0.2, -0.15) is 0 Å². The van der Waals surface area contributed by atoms with Gasteiger partial charge >= 0.3 is 0 Å². The number of aliphatic hydroxyl groups is 6. The zero-order valence-electron chi connectivity index (χ0n) is 17.5. The second-order valence-corrected chi connectivity index (χ2v) is 8.02. The third kappa shape index (κ3) is 6.71. The van der Waals surface area contributed by atoms with Gasteiger partial charge in [-0.1, -0.05) is 11.6 Å². The van der Waals surface area contributed by atoms with E-state index < -0.39 is 55.3 Å². The molecule has 2 aliphatic rings. The van der Waals surface area contributed by atoms with Crippen molar-refractivity contribution in [3.63, 3.8) is 0 Å². The Labute approximate surface area is 176 Å². The Morgan fingerprint density at radius 3 is 2.23 bits per heavy atom. The summed E-state index contributed by atoms with van der Waals surface area (Å²) in [6.07, 6.45) is -7.12. The molecule has 0 bridgehead atoms. The van der Waals surface area contributed by atoms with E-state index in [1.165, 1.54) is 11.8 Å². The highest BCUT2D eigenvalue weighted by molar-refractivity contribution is 5.00. The van der Waals surface area contributed by atoms with Crippen LogP contribution in [0, 0.1) is 0 Å². The first kappa shape index (κ1) is 25.2. The predicted molar refractivity (Wildman–Crippen MR) is 104 cm³/mol. The molecule has 0 radical (unpaired) electrons. The Morgan fingerprint density at radius 2 is 1.57 bits per heavy atom. The summed E-state index contributed by atoms with van der Waals surface area (Å²) in [5.74, 6) is 0. The second-order valence-electron chi connectivity index (χ2n) is 8.02. The molecule has 10 nitrogen and oxygen atoms in total. The Bertz CT molecular complexity index is 590. The third-order valence-corrected chi connectivity index (χ3v) is 5.04. The van der Waals surface area contributed by atoms with Crippen molar-refractivity contribution in [3.05, 3.63) is 23.5 Å². The molecule has 0 aromatic carbocycles. The van der Waals surface area contributed by atoms with E-state index >= 15 is 0 Å². The molecule has 2 heterocycles. The van der Waals surface area contributed by atoms with Gasteiger partial charge in [-0.25, -0.2) is 0 Å². The van der Waals surface area contributed by atoms with Crippen molar-refractivity contribution in [2.45, 2.75) is 88.9 Å². The van der Waals surface area contributed by atoms with Crippen molar-refractivity contribution in [1.82, 2.24) is 0 Å². The number of hydrogen-bond donors (Lipinski definition) is 6. The molecule has 0 spiro atoms. The van der Waals surface area contributed by atoms with Gasteiger partial charge in [0.15, 0.2) is 6.29 Å². The first-order chi connectivity index (χ1) is 14.1. The normalized spacial score (nSPS) is 40.2. The molecule has 2 fully saturated rings. The molecule has 6 N–H and O–H groups in total. The lowest BCUT2D eigenvalue weighted by Gasteiger charge is -2.41. The zero-order chi connectivity index (χ0) is 22.4. The molecule has 10 heteroatoms. The molecule has 0 saturated carbocycles. The van der Waals surface area contributed by atoms with Crippen LogP contribution in [-0.4, -0.2) is 99.2 Å². The first-order valence-corrected chi connectivity index (χ1v) is 10.0. The van der Waals surface area contributed by atoms with Gasteiger partial charge in [0, 0.05) is 0 Å². The van der Waals surface area contributed by atoms with Gasteiger partial charge in [0.05, 0.1) is 19.5 Å². The van der Waals surface area contributed by atoms with Crippen LogP contribution in [0.5, 0.6) is 0 Å². The van der Waals surface area contributed by atoms with Crippen LogP contribution in [0.25, 0.3) is 0 Å². The summed E-state index contributed by atoms with van der Waals surface area (Å²) < 4.78 is 21.5. The fraction of sp³-hybridized carbons (Fsp3) is 0.800. The highest BCUT2D eigenvalue weighted by atomic mass is 16.7. The lowest BCUT2D eigenvalue weighted by molar-refractivity contribution is -0.313. The van der Waals surface area contributed by atoms with Gasteiger partial charge in [0.2, 0.25) is 6.29 Å². The molecule has 2 saturated heterocycles. The van der Waals surface area contributed by atoms with Crippen molar-refractivity contribution in [2.75, 3.05) is 13.2 Å². The SMILES string of the molecule is CC(C)=CCC/C(C)=C\O[C@@H]1O[C@H](CO[C@@H]2OC[C@H](O)[C@H](O)[C@H]2O)[C@@H](O)[C@H](O)[C@H]1O. The summed E-state index contributed by atoms with van der Waals surface area (Å²) in [6.45, 7) is 5.33. The minimum Gasteiger partial charge on any atom is -0.470 e. The van der Waals surface area contributed by atoms with Crippen molar-refractivity contribution in [3.8, 4) is 0 Å². The van der Waals surface area contributed by atoms with Gasteiger partial charge in [-0.15, -0.1) is 0 Å². The molecular weight excluding hydrogens is 400 g/mol. The number of ether oxygens (including phenoxy) is 4. The van der Waals surface area contributed by atoms with E-state index in [9.17, 15) is 30.6 Å². The van der Waals surface area contributed by atoms with E-state index in [-0.39, 0.29) is 13.2 Å². The van der Waals surface area contributed by atoms with E-state index in [1.807, 2.05) is 20.8 Å². The monoisotopic (exact) mass is 434 g/mol. The lowest BCUT2D eigenvalue weighted by atomic mass is 9.99. The van der Waals surface area contributed by atoms with Crippen LogP contribution in [0.15, 0.2) is 23.5 Å². The summed E-state index contributed by atoms with van der Waals surface area (Å²) >= 11 is 0. The molecule has 0 amide bonds. The van der Waals surface area contributed by atoms with E-state index in [1.54, 1.807) is 0 Å². The van der Waals surface area contributed by atoms with Crippen molar-refractivity contribution >= 4 is 0 Å². The average molecular weight is 434 g/mol. The topological polar surface area (TPSA) is 158 Å². The summed E-state index contributed by atoms with van der Waals surface area (Å²) in [5, 5.41) is 59.5. The Kier molecular flexibility index (Phi) is 9.67. The smallest absolute Gasteiger partial charge is 0.228 e. The highest BCUT2D eigenvalue weighted by Gasteiger charge is 2.46. The van der Waals surface area contributed by atoms with Crippen LogP contribution in [0.1, 0.15) is 33.6 Å². The van der Waals surface area contributed by atoms with E-state index in [4.69, 9.17) is 18.9 Å². The van der Waals surface area contributed by atoms with Crippen LogP contribution in [-0.2, 0) is 18.9 Å². The van der Waals surface area contributed by atoms with E-state index in [2.05, 4.69) is 6.08 Å². The predicted octanol–water partition coefficient (Wildman–Crippen LogP) is -1.08. The first-order valence-electron chi connectivity index (χ1n) is 10.0. The van der Waals surface area contributed by atoms with E-state index in [0.717, 1.165) is 18.4 Å². The molecule has 30 heavy (non-hydrogen) atoms. The Hall–Kier alpha value is -1.08. The number of aliphatic hydroxyl groups excluding tert-OH is 6. The maximum atomic E-state index is 10.2. The maximum Gasteiger partial charge on any atom is 0.228 e. The molecule has 0 aromatic heterocycles. The van der Waals surface area contributed by atoms with Gasteiger partial charge in [-0.3, -0.25) is 0 Å². The van der Waals surface area contributed by atoms with Gasteiger partial charge in [0.1, 0.15) is 42.7 Å². The van der Waals surface area contributed by atoms with Crippen LogP contribution in [0.4, 0.5) is 0 Å². The highest BCUT2D eigenvalue weighted by Crippen LogP contribution is 2.25. The molecule has 2 rings (SSSR count). The zero-order valence-corrected chi connectivity index (χ0v) is 17.5. The lowest BCUT2D eigenvalue weighted by Crippen LogP contribution is -2.60. The average Bonchev–Trinajstić information content (AvgIpc) is 2.70. The van der Waals surface area contributed by atoms with Crippen LogP contribution < -0.4 is 0 Å². The van der Waals surface area contributed by atoms with Gasteiger partial charge < -0.3 is 49.6 Å². The third-order valence-electron chi connectivity index (χ3n) is 5.04. The van der Waals surface area contributed by atoms with Gasteiger partial charge in [-0.05, 0) is 39.2 Å². The molecular formula is C20H34O10. The van der Waals surface area contributed by atoms with Crippen molar-refractivity contribution in [1.29, 1.82) is 0 Å². The number of hydrogen-bond acceptors (Lipinski definition) is 10. The van der Waals surface area contributed by atoms with Crippen LogP contribution >= 0.6 is 0 Å². The molecule has 2 aliphatic heterocycles. The maximum absolute atomic E-state index is 10.2. The molecule has 0 aliphatic carbocycles. The second kappa shape index (κ2) is 11.5. The largest absolute Gasteiger partial charge is 0.470 e. The summed E-state index contributed by atoms with van der Waals surface area (Å²) in [5.41, 5.74) is 2.12. The molecule has 174 valence electrons. The minimum absolute atomic E-state index is 0.235. The van der Waals surface area contributed by atoms with Crippen molar-refractivity contribution in [2.24, 2.45) is 0 Å². The summed E-state index contributed by atoms with van der Waals surface area (Å²) in [7, 11) is 0. The summed E-state index contributed by atoms with van der Waals surface area (Å²) in [6, 6.07) is 0. The quantitative estimate of drug-likeness (QED) is 0.205. The molecule has 0 unspecified atom stereocenters. The Balaban J connectivity index is 1.91. The molecule has 9 atom stereocenters. The van der Waals surface area contributed by atoms with E-state index in [0.29, 0.717) is 0 Å².